The molecule has 2 unspecified atom stereocenters. The fourth-order valence-corrected chi connectivity index (χ4v) is 6.08. The van der Waals surface area contributed by atoms with Gasteiger partial charge in [-0.25, -0.2) is 24.1 Å². The van der Waals surface area contributed by atoms with Gasteiger partial charge in [-0.05, 0) is 38.3 Å². The van der Waals surface area contributed by atoms with Crippen LogP contribution in [0.4, 0.5) is 9.18 Å². The standard InChI is InChI=1S/C31H35FN6O4S/c1-5-6-7-8-12-36(3)30(39)25-14-22(17-38(25)31(40)37-13-11-33-19-37)42-27-15-24(29-34-21(16-32)18-43-29)35-28-20(2)26(41-4)10-9-23(27)28/h5,9-11,13,15,18-19,22,25H,1,6-8,12,14,16-17H2,2-4H3. The molecule has 226 valence electrons. The molecule has 5 rings (SSSR count). The number of fused-ring (bicyclic) bond motifs is 1. The maximum Gasteiger partial charge on any atom is 0.330 e. The van der Waals surface area contributed by atoms with Crippen LogP contribution in [0.2, 0.25) is 0 Å². The Morgan fingerprint density at radius 3 is 2.79 bits per heavy atom. The SMILES string of the molecule is C=CCCCCN(C)C(=O)C1CC(Oc2cc(-c3nc(CF)cs3)nc3c(C)c(OC)ccc23)CN1C(=O)n1ccnc1. The Kier molecular flexibility index (Phi) is 9.34. The van der Waals surface area contributed by atoms with Crippen LogP contribution in [0.1, 0.15) is 36.9 Å². The van der Waals surface area contributed by atoms with Crippen molar-refractivity contribution < 1.29 is 23.5 Å². The summed E-state index contributed by atoms with van der Waals surface area (Å²) in [6, 6.07) is 4.48. The number of nitrogens with zero attached hydrogens (tertiary/aromatic N) is 6. The molecule has 4 heterocycles. The number of unbranched alkanes of at least 4 members (excludes halogenated alkanes) is 2. The van der Waals surface area contributed by atoms with E-state index in [4.69, 9.17) is 14.5 Å². The van der Waals surface area contributed by atoms with Crippen molar-refractivity contribution in [1.82, 2.24) is 29.3 Å². The first-order valence-corrected chi connectivity index (χ1v) is 15.0. The summed E-state index contributed by atoms with van der Waals surface area (Å²) in [6.45, 7) is 5.79. The monoisotopic (exact) mass is 606 g/mol. The van der Waals surface area contributed by atoms with Gasteiger partial charge in [0.25, 0.3) is 0 Å². The molecule has 1 fully saturated rings. The highest BCUT2D eigenvalue weighted by Gasteiger charge is 2.42. The number of carbonyl (C=O) groups excluding carboxylic acids is 2. The highest BCUT2D eigenvalue weighted by molar-refractivity contribution is 7.13. The van der Waals surface area contributed by atoms with Crippen molar-refractivity contribution in [1.29, 1.82) is 0 Å². The molecule has 3 aromatic heterocycles. The Morgan fingerprint density at radius 2 is 2.09 bits per heavy atom. The number of imidazole rings is 1. The average Bonchev–Trinajstić information content (AvgIpc) is 3.80. The summed E-state index contributed by atoms with van der Waals surface area (Å²) in [5.74, 6) is 1.07. The number of likely N-dealkylation sites (tertiary alicyclic amines) is 1. The fourth-order valence-electron chi connectivity index (χ4n) is 5.32. The van der Waals surface area contributed by atoms with Crippen LogP contribution in [-0.4, -0.2) is 80.6 Å². The molecule has 10 nitrogen and oxygen atoms in total. The molecule has 2 atom stereocenters. The minimum Gasteiger partial charge on any atom is -0.496 e. The molecule has 2 amide bonds. The summed E-state index contributed by atoms with van der Waals surface area (Å²) in [7, 11) is 3.37. The van der Waals surface area contributed by atoms with E-state index in [1.165, 1.54) is 28.4 Å². The van der Waals surface area contributed by atoms with Gasteiger partial charge in [0.15, 0.2) is 0 Å². The van der Waals surface area contributed by atoms with Gasteiger partial charge >= 0.3 is 6.03 Å². The molecule has 1 aliphatic rings. The highest BCUT2D eigenvalue weighted by atomic mass is 32.1. The second-order valence-electron chi connectivity index (χ2n) is 10.5. The number of hydrogen-bond donors (Lipinski definition) is 0. The van der Waals surface area contributed by atoms with Gasteiger partial charge in [0.1, 0.15) is 47.3 Å². The van der Waals surface area contributed by atoms with Gasteiger partial charge in [-0.15, -0.1) is 17.9 Å². The van der Waals surface area contributed by atoms with Gasteiger partial charge in [-0.1, -0.05) is 6.08 Å². The minimum absolute atomic E-state index is 0.138. The Labute approximate surface area is 253 Å². The average molecular weight is 607 g/mol. The number of hydrogen-bond acceptors (Lipinski definition) is 8. The van der Waals surface area contributed by atoms with Crippen molar-refractivity contribution >= 4 is 34.2 Å². The Balaban J connectivity index is 1.47. The number of benzene rings is 1. The summed E-state index contributed by atoms with van der Waals surface area (Å²) in [6.07, 6.45) is 8.88. The predicted molar refractivity (Wildman–Crippen MR) is 163 cm³/mol. The van der Waals surface area contributed by atoms with Crippen LogP contribution in [0, 0.1) is 6.92 Å². The molecule has 0 saturated carbocycles. The van der Waals surface area contributed by atoms with E-state index in [1.807, 2.05) is 25.1 Å². The maximum absolute atomic E-state index is 13.7. The number of methoxy groups -OCH3 is 1. The van der Waals surface area contributed by atoms with E-state index in [-0.39, 0.29) is 18.5 Å². The largest absolute Gasteiger partial charge is 0.496 e. The number of aryl methyl sites for hydroxylation is 1. The van der Waals surface area contributed by atoms with Crippen molar-refractivity contribution in [2.45, 2.75) is 51.4 Å². The van der Waals surface area contributed by atoms with Crippen molar-refractivity contribution in [3.63, 3.8) is 0 Å². The maximum atomic E-state index is 13.7. The number of pyridine rings is 1. The molecule has 0 spiro atoms. The Hall–Kier alpha value is -4.32. The van der Waals surface area contributed by atoms with E-state index >= 15 is 0 Å². The molecule has 1 aliphatic heterocycles. The number of amides is 2. The number of allylic oxidation sites excluding steroid dienone is 1. The predicted octanol–water partition coefficient (Wildman–Crippen LogP) is 5.65. The number of carbonyl (C=O) groups is 2. The summed E-state index contributed by atoms with van der Waals surface area (Å²) < 4.78 is 26.8. The van der Waals surface area contributed by atoms with E-state index in [1.54, 1.807) is 41.6 Å². The molecule has 1 aromatic carbocycles. The normalized spacial score (nSPS) is 16.4. The van der Waals surface area contributed by atoms with Crippen LogP contribution in [0.15, 0.2) is 55.0 Å². The lowest BCUT2D eigenvalue weighted by Gasteiger charge is -2.27. The van der Waals surface area contributed by atoms with Crippen LogP contribution in [0.5, 0.6) is 11.5 Å². The third-order valence-electron chi connectivity index (χ3n) is 7.61. The molecule has 0 radical (unpaired) electrons. The zero-order valence-electron chi connectivity index (χ0n) is 24.5. The van der Waals surface area contributed by atoms with Gasteiger partial charge in [0.05, 0.1) is 24.9 Å². The number of rotatable bonds is 11. The lowest BCUT2D eigenvalue weighted by Crippen LogP contribution is -2.47. The zero-order chi connectivity index (χ0) is 30.5. The van der Waals surface area contributed by atoms with Gasteiger partial charge in [-0.3, -0.25) is 9.36 Å². The van der Waals surface area contributed by atoms with Gasteiger partial charge < -0.3 is 19.3 Å². The van der Waals surface area contributed by atoms with Crippen molar-refractivity contribution in [3.8, 4) is 22.2 Å². The van der Waals surface area contributed by atoms with Crippen LogP contribution in [0.3, 0.4) is 0 Å². The van der Waals surface area contributed by atoms with E-state index < -0.39 is 18.8 Å². The smallest absolute Gasteiger partial charge is 0.330 e. The molecule has 0 aliphatic carbocycles. The molecule has 1 saturated heterocycles. The number of thiazole rings is 1. The van der Waals surface area contributed by atoms with Crippen LogP contribution in [0.25, 0.3) is 21.6 Å². The number of aromatic nitrogens is 4. The number of alkyl halides is 1. The van der Waals surface area contributed by atoms with E-state index in [2.05, 4.69) is 16.5 Å². The first-order chi connectivity index (χ1) is 20.8. The zero-order valence-corrected chi connectivity index (χ0v) is 25.3. The van der Waals surface area contributed by atoms with E-state index in [0.717, 1.165) is 30.2 Å². The summed E-state index contributed by atoms with van der Waals surface area (Å²) in [5.41, 5.74) is 2.37. The Morgan fingerprint density at radius 1 is 1.26 bits per heavy atom. The fraction of sp³-hybridized carbons (Fsp3) is 0.387. The molecular weight excluding hydrogens is 571 g/mol. The van der Waals surface area contributed by atoms with Crippen LogP contribution >= 0.6 is 11.3 Å². The second kappa shape index (κ2) is 13.3. The third-order valence-corrected chi connectivity index (χ3v) is 8.53. The van der Waals surface area contributed by atoms with Crippen molar-refractivity contribution in [2.75, 3.05) is 27.2 Å². The molecule has 43 heavy (non-hydrogen) atoms. The lowest BCUT2D eigenvalue weighted by molar-refractivity contribution is -0.133. The first-order valence-electron chi connectivity index (χ1n) is 14.1. The number of halogens is 1. The first kappa shape index (κ1) is 30.1. The number of likely N-dealkylation sites (N-methyl/N-ethyl adjacent to an activating group) is 1. The second-order valence-corrected chi connectivity index (χ2v) is 11.4. The van der Waals surface area contributed by atoms with Crippen LogP contribution < -0.4 is 9.47 Å². The topological polar surface area (TPSA) is 103 Å². The van der Waals surface area contributed by atoms with Gasteiger partial charge in [0.2, 0.25) is 5.91 Å². The molecule has 0 N–H and O–H groups in total. The Bertz CT molecular complexity index is 1610. The van der Waals surface area contributed by atoms with Gasteiger partial charge in [0, 0.05) is 54.8 Å². The minimum atomic E-state index is -0.704. The third kappa shape index (κ3) is 6.38. The van der Waals surface area contributed by atoms with Gasteiger partial charge in [-0.2, -0.15) is 0 Å². The van der Waals surface area contributed by atoms with E-state index in [9.17, 15) is 14.0 Å². The molecule has 4 aromatic rings. The molecular formula is C31H35FN6O4S. The number of ether oxygens (including phenoxy) is 2. The van der Waals surface area contributed by atoms with Crippen molar-refractivity contribution in [3.05, 3.63) is 66.2 Å². The quantitative estimate of drug-likeness (QED) is 0.161. The summed E-state index contributed by atoms with van der Waals surface area (Å²) >= 11 is 1.31. The highest BCUT2D eigenvalue weighted by Crippen LogP contribution is 2.37. The van der Waals surface area contributed by atoms with Crippen molar-refractivity contribution in [2.24, 2.45) is 0 Å². The summed E-state index contributed by atoms with van der Waals surface area (Å²) in [5, 5.41) is 2.99. The summed E-state index contributed by atoms with van der Waals surface area (Å²) in [4.78, 5) is 43.6. The lowest BCUT2D eigenvalue weighted by atomic mass is 10.1. The molecule has 12 heteroatoms. The molecule has 0 bridgehead atoms. The van der Waals surface area contributed by atoms with Crippen LogP contribution in [-0.2, 0) is 11.5 Å². The van der Waals surface area contributed by atoms with E-state index in [0.29, 0.717) is 46.4 Å².